The standard InChI is InChI=1S/C26H21N3O5/c30-23(16-28-25(32)24(31)27(26(28)33)15-18-9-3-1-4-10-18)29-20-13-7-8-14-22(20)34-17-21(29)19-11-5-2-6-12-19/h1-14,21H,15-17H2/t21-/m0/s1. The molecule has 0 spiro atoms. The predicted octanol–water partition coefficient (Wildman–Crippen LogP) is 3.14. The van der Waals surface area contributed by atoms with Crippen LogP contribution in [-0.4, -0.2) is 46.7 Å². The molecule has 0 N–H and O–H groups in total. The van der Waals surface area contributed by atoms with Crippen LogP contribution in [0.15, 0.2) is 84.9 Å². The van der Waals surface area contributed by atoms with Gasteiger partial charge in [-0.2, -0.15) is 0 Å². The van der Waals surface area contributed by atoms with E-state index in [-0.39, 0.29) is 13.2 Å². The Labute approximate surface area is 195 Å². The third-order valence-corrected chi connectivity index (χ3v) is 5.90. The van der Waals surface area contributed by atoms with Crippen molar-refractivity contribution in [3.05, 3.63) is 96.1 Å². The highest BCUT2D eigenvalue weighted by molar-refractivity contribution is 6.45. The van der Waals surface area contributed by atoms with E-state index in [9.17, 15) is 19.2 Å². The lowest BCUT2D eigenvalue weighted by molar-refractivity contribution is -0.144. The van der Waals surface area contributed by atoms with Crippen LogP contribution in [0.4, 0.5) is 10.5 Å². The van der Waals surface area contributed by atoms with Crippen LogP contribution >= 0.6 is 0 Å². The van der Waals surface area contributed by atoms with E-state index in [1.807, 2.05) is 36.4 Å². The number of ether oxygens (including phenoxy) is 1. The lowest BCUT2D eigenvalue weighted by Crippen LogP contribution is -2.47. The minimum absolute atomic E-state index is 0.0397. The van der Waals surface area contributed by atoms with Crippen molar-refractivity contribution in [2.75, 3.05) is 18.1 Å². The van der Waals surface area contributed by atoms with Crippen LogP contribution in [0.25, 0.3) is 0 Å². The number of carbonyl (C=O) groups excluding carboxylic acids is 4. The summed E-state index contributed by atoms with van der Waals surface area (Å²) in [5, 5.41) is 0. The third-order valence-electron chi connectivity index (χ3n) is 5.90. The van der Waals surface area contributed by atoms with Crippen molar-refractivity contribution in [3.63, 3.8) is 0 Å². The number of benzene rings is 3. The second-order valence-corrected chi connectivity index (χ2v) is 8.02. The molecule has 0 saturated carbocycles. The van der Waals surface area contributed by atoms with Gasteiger partial charge in [-0.05, 0) is 23.3 Å². The minimum atomic E-state index is -1.01. The fraction of sp³-hybridized carbons (Fsp3) is 0.154. The molecule has 0 radical (unpaired) electrons. The SMILES string of the molecule is O=C1C(=O)N(Cc2ccccc2)C(=O)N1CC(=O)N1c2ccccc2OC[C@H]1c1ccccc1. The zero-order valence-corrected chi connectivity index (χ0v) is 18.2. The first-order chi connectivity index (χ1) is 16.5. The molecule has 8 nitrogen and oxygen atoms in total. The van der Waals surface area contributed by atoms with Crippen molar-refractivity contribution in [2.45, 2.75) is 12.6 Å². The number of hydrogen-bond donors (Lipinski definition) is 0. The Bertz CT molecular complexity index is 1260. The van der Waals surface area contributed by atoms with Crippen molar-refractivity contribution < 1.29 is 23.9 Å². The Morgan fingerprint density at radius 2 is 1.41 bits per heavy atom. The summed E-state index contributed by atoms with van der Waals surface area (Å²) in [5.41, 5.74) is 2.10. The number of para-hydroxylation sites is 2. The Hall–Kier alpha value is -4.46. The van der Waals surface area contributed by atoms with Crippen LogP contribution in [-0.2, 0) is 20.9 Å². The molecular formula is C26H21N3O5. The van der Waals surface area contributed by atoms with Crippen LogP contribution in [0.5, 0.6) is 5.75 Å². The number of hydrogen-bond acceptors (Lipinski definition) is 5. The number of fused-ring (bicyclic) bond motifs is 1. The molecule has 8 heteroatoms. The summed E-state index contributed by atoms with van der Waals surface area (Å²) >= 11 is 0. The van der Waals surface area contributed by atoms with Gasteiger partial charge in [-0.15, -0.1) is 0 Å². The molecule has 34 heavy (non-hydrogen) atoms. The summed E-state index contributed by atoms with van der Waals surface area (Å²) in [7, 11) is 0. The highest BCUT2D eigenvalue weighted by Crippen LogP contribution is 2.39. The second kappa shape index (κ2) is 8.82. The summed E-state index contributed by atoms with van der Waals surface area (Å²) in [6, 6.07) is 24.1. The fourth-order valence-electron chi connectivity index (χ4n) is 4.22. The average molecular weight is 455 g/mol. The molecule has 0 aliphatic carbocycles. The average Bonchev–Trinajstić information content (AvgIpc) is 3.07. The molecule has 0 unspecified atom stereocenters. The van der Waals surface area contributed by atoms with Crippen molar-refractivity contribution >= 4 is 29.4 Å². The zero-order chi connectivity index (χ0) is 23.7. The number of imide groups is 2. The molecule has 1 saturated heterocycles. The van der Waals surface area contributed by atoms with Gasteiger partial charge in [-0.1, -0.05) is 72.8 Å². The molecule has 1 fully saturated rings. The van der Waals surface area contributed by atoms with Crippen molar-refractivity contribution in [3.8, 4) is 5.75 Å². The van der Waals surface area contributed by atoms with E-state index in [0.29, 0.717) is 21.9 Å². The van der Waals surface area contributed by atoms with Gasteiger partial charge >= 0.3 is 17.8 Å². The van der Waals surface area contributed by atoms with E-state index < -0.39 is 36.3 Å². The Morgan fingerprint density at radius 3 is 2.15 bits per heavy atom. The Morgan fingerprint density at radius 1 is 0.794 bits per heavy atom. The molecule has 0 aromatic heterocycles. The molecule has 2 heterocycles. The summed E-state index contributed by atoms with van der Waals surface area (Å²) in [5.74, 6) is -1.90. The molecule has 1 atom stereocenters. The Balaban J connectivity index is 1.42. The van der Waals surface area contributed by atoms with Crippen LogP contribution in [0.3, 0.4) is 0 Å². The highest BCUT2D eigenvalue weighted by Gasteiger charge is 2.46. The van der Waals surface area contributed by atoms with Crippen LogP contribution in [0.1, 0.15) is 17.2 Å². The number of nitrogens with zero attached hydrogens (tertiary/aromatic N) is 3. The summed E-state index contributed by atoms with van der Waals surface area (Å²) < 4.78 is 5.88. The van der Waals surface area contributed by atoms with Gasteiger partial charge in [0.05, 0.1) is 18.3 Å². The maximum atomic E-state index is 13.6. The fourth-order valence-corrected chi connectivity index (χ4v) is 4.22. The van der Waals surface area contributed by atoms with Gasteiger partial charge in [0, 0.05) is 0 Å². The Kier molecular flexibility index (Phi) is 5.55. The lowest BCUT2D eigenvalue weighted by Gasteiger charge is -2.37. The maximum absolute atomic E-state index is 13.6. The van der Waals surface area contributed by atoms with Crippen LogP contribution in [0, 0.1) is 0 Å². The third kappa shape index (κ3) is 3.79. The van der Waals surface area contributed by atoms with Crippen LogP contribution in [0.2, 0.25) is 0 Å². The zero-order valence-electron chi connectivity index (χ0n) is 18.2. The van der Waals surface area contributed by atoms with Gasteiger partial charge in [-0.3, -0.25) is 24.2 Å². The molecule has 2 aliphatic rings. The van der Waals surface area contributed by atoms with Gasteiger partial charge in [0.15, 0.2) is 0 Å². The number of rotatable bonds is 5. The summed E-state index contributed by atoms with van der Waals surface area (Å²) in [6.07, 6.45) is 0. The van der Waals surface area contributed by atoms with Crippen LogP contribution < -0.4 is 9.64 Å². The minimum Gasteiger partial charge on any atom is -0.489 e. The van der Waals surface area contributed by atoms with E-state index in [1.54, 1.807) is 53.4 Å². The number of urea groups is 1. The molecule has 5 rings (SSSR count). The lowest BCUT2D eigenvalue weighted by atomic mass is 10.0. The highest BCUT2D eigenvalue weighted by atomic mass is 16.5. The largest absolute Gasteiger partial charge is 0.489 e. The summed E-state index contributed by atoms with van der Waals surface area (Å²) in [6.45, 7) is -0.373. The molecule has 0 bridgehead atoms. The smallest absolute Gasteiger partial charge is 0.335 e. The molecule has 5 amide bonds. The topological polar surface area (TPSA) is 87.2 Å². The van der Waals surface area contributed by atoms with Crippen molar-refractivity contribution in [1.82, 2.24) is 9.80 Å². The quantitative estimate of drug-likeness (QED) is 0.436. The predicted molar refractivity (Wildman–Crippen MR) is 123 cm³/mol. The normalized spacial score (nSPS) is 17.6. The van der Waals surface area contributed by atoms with Crippen molar-refractivity contribution in [2.24, 2.45) is 0 Å². The second-order valence-electron chi connectivity index (χ2n) is 8.02. The molecule has 170 valence electrons. The van der Waals surface area contributed by atoms with E-state index in [2.05, 4.69) is 0 Å². The summed E-state index contributed by atoms with van der Waals surface area (Å²) in [4.78, 5) is 54.8. The number of amides is 5. The van der Waals surface area contributed by atoms with E-state index in [1.165, 1.54) is 0 Å². The molecule has 2 aliphatic heterocycles. The van der Waals surface area contributed by atoms with E-state index >= 15 is 0 Å². The molecular weight excluding hydrogens is 434 g/mol. The maximum Gasteiger partial charge on any atom is 0.335 e. The van der Waals surface area contributed by atoms with E-state index in [4.69, 9.17) is 4.74 Å². The van der Waals surface area contributed by atoms with E-state index in [0.717, 1.165) is 10.5 Å². The van der Waals surface area contributed by atoms with Gasteiger partial charge in [-0.25, -0.2) is 9.69 Å². The monoisotopic (exact) mass is 455 g/mol. The van der Waals surface area contributed by atoms with Gasteiger partial charge in [0.1, 0.15) is 18.9 Å². The number of carbonyl (C=O) groups is 4. The molecule has 3 aromatic rings. The van der Waals surface area contributed by atoms with Gasteiger partial charge in [0.25, 0.3) is 0 Å². The first kappa shape index (κ1) is 21.4. The molecule has 3 aromatic carbocycles. The first-order valence-electron chi connectivity index (χ1n) is 10.8. The number of anilines is 1. The first-order valence-corrected chi connectivity index (χ1v) is 10.8. The van der Waals surface area contributed by atoms with Gasteiger partial charge < -0.3 is 4.74 Å². The van der Waals surface area contributed by atoms with Crippen molar-refractivity contribution in [1.29, 1.82) is 0 Å². The van der Waals surface area contributed by atoms with Gasteiger partial charge in [0.2, 0.25) is 5.91 Å².